The first kappa shape index (κ1) is 8.86. The van der Waals surface area contributed by atoms with E-state index in [0.29, 0.717) is 10.2 Å². The maximum Gasteiger partial charge on any atom is 0.279 e. The summed E-state index contributed by atoms with van der Waals surface area (Å²) in [5.74, 6) is 0. The second kappa shape index (κ2) is 2.90. The van der Waals surface area contributed by atoms with Crippen molar-refractivity contribution in [3.05, 3.63) is 17.8 Å². The fourth-order valence-corrected chi connectivity index (χ4v) is 2.73. The van der Waals surface area contributed by atoms with Crippen LogP contribution in [0.3, 0.4) is 0 Å². The molecule has 0 aromatic carbocycles. The average Bonchev–Trinajstić information content (AvgIpc) is 2.48. The molecule has 2 aromatic rings. The van der Waals surface area contributed by atoms with Gasteiger partial charge in [-0.1, -0.05) is 0 Å². The van der Waals surface area contributed by atoms with Crippen LogP contribution in [-0.2, 0) is 9.05 Å². The van der Waals surface area contributed by atoms with Crippen LogP contribution in [-0.4, -0.2) is 18.4 Å². The predicted molar refractivity (Wildman–Crippen MR) is 50.5 cm³/mol. The summed E-state index contributed by atoms with van der Waals surface area (Å²) in [5.41, 5.74) is 0. The molecular weight excluding hydrogens is 232 g/mol. The highest BCUT2D eigenvalue weighted by atomic mass is 35.7. The van der Waals surface area contributed by atoms with Gasteiger partial charge in [-0.25, -0.2) is 18.4 Å². The third kappa shape index (κ3) is 1.52. The Morgan fingerprint density at radius 2 is 2.15 bits per heavy atom. The first-order valence-corrected chi connectivity index (χ1v) is 6.41. The van der Waals surface area contributed by atoms with Crippen molar-refractivity contribution in [2.45, 2.75) is 5.03 Å². The van der Waals surface area contributed by atoms with E-state index in [1.165, 1.54) is 17.7 Å². The smallest absolute Gasteiger partial charge is 0.225 e. The Kier molecular flexibility index (Phi) is 1.98. The van der Waals surface area contributed by atoms with Crippen molar-refractivity contribution in [1.82, 2.24) is 9.97 Å². The van der Waals surface area contributed by atoms with Gasteiger partial charge in [0.05, 0.1) is 5.39 Å². The molecular formula is C6H3ClN2O2S2. The fraction of sp³-hybridized carbons (Fsp3) is 0. The third-order valence-corrected chi connectivity index (χ3v) is 3.50. The molecule has 0 fully saturated rings. The maximum absolute atomic E-state index is 11.0. The summed E-state index contributed by atoms with van der Waals surface area (Å²) in [4.78, 5) is 8.15. The van der Waals surface area contributed by atoms with Crippen LogP contribution in [0.15, 0.2) is 22.8 Å². The first-order valence-electron chi connectivity index (χ1n) is 3.22. The zero-order chi connectivity index (χ0) is 9.47. The Morgan fingerprint density at radius 3 is 2.85 bits per heavy atom. The topological polar surface area (TPSA) is 59.9 Å². The van der Waals surface area contributed by atoms with Gasteiger partial charge in [-0.15, -0.1) is 11.3 Å². The molecule has 0 spiro atoms. The van der Waals surface area contributed by atoms with Crippen LogP contribution < -0.4 is 0 Å². The lowest BCUT2D eigenvalue weighted by atomic mass is 10.4. The van der Waals surface area contributed by atoms with Crippen LogP contribution in [0.25, 0.3) is 10.2 Å². The molecule has 0 aliphatic carbocycles. The van der Waals surface area contributed by atoms with Crippen LogP contribution >= 0.6 is 22.0 Å². The summed E-state index contributed by atoms with van der Waals surface area (Å²) < 4.78 is 22.0. The van der Waals surface area contributed by atoms with Gasteiger partial charge in [-0.2, -0.15) is 0 Å². The van der Waals surface area contributed by atoms with Crippen molar-refractivity contribution in [3.8, 4) is 0 Å². The zero-order valence-corrected chi connectivity index (χ0v) is 8.53. The molecule has 0 N–H and O–H groups in total. The van der Waals surface area contributed by atoms with Crippen LogP contribution in [0.2, 0.25) is 0 Å². The highest BCUT2D eigenvalue weighted by molar-refractivity contribution is 8.13. The van der Waals surface area contributed by atoms with E-state index in [1.807, 2.05) is 0 Å². The molecule has 2 heterocycles. The number of hydrogen-bond acceptors (Lipinski definition) is 5. The molecule has 0 aliphatic heterocycles. The highest BCUT2D eigenvalue weighted by Gasteiger charge is 2.16. The molecule has 0 unspecified atom stereocenters. The maximum atomic E-state index is 11.0. The van der Waals surface area contributed by atoms with E-state index in [1.54, 1.807) is 11.4 Å². The summed E-state index contributed by atoms with van der Waals surface area (Å²) >= 11 is 1.34. The van der Waals surface area contributed by atoms with E-state index in [4.69, 9.17) is 10.7 Å². The molecule has 0 radical (unpaired) electrons. The Hall–Kier alpha value is -0.720. The molecule has 68 valence electrons. The molecule has 2 rings (SSSR count). The fourth-order valence-electron chi connectivity index (χ4n) is 0.962. The van der Waals surface area contributed by atoms with Gasteiger partial charge in [-0.05, 0) is 11.4 Å². The lowest BCUT2D eigenvalue weighted by molar-refractivity contribution is 0.607. The second-order valence-corrected chi connectivity index (χ2v) is 5.63. The summed E-state index contributed by atoms with van der Waals surface area (Å²) in [6.45, 7) is 0. The van der Waals surface area contributed by atoms with Crippen LogP contribution in [0.4, 0.5) is 0 Å². The molecule has 0 aliphatic rings. The Balaban J connectivity index is 2.91. The van der Waals surface area contributed by atoms with E-state index in [-0.39, 0.29) is 5.03 Å². The van der Waals surface area contributed by atoms with Gasteiger partial charge in [0.2, 0.25) is 0 Å². The Bertz CT molecular complexity index is 549. The van der Waals surface area contributed by atoms with E-state index in [0.717, 1.165) is 0 Å². The van der Waals surface area contributed by atoms with Crippen LogP contribution in [0.5, 0.6) is 0 Å². The lowest BCUT2D eigenvalue weighted by Crippen LogP contribution is -1.95. The molecule has 0 saturated heterocycles. The number of thiophene rings is 1. The Morgan fingerprint density at radius 1 is 1.38 bits per heavy atom. The van der Waals surface area contributed by atoms with Crippen molar-refractivity contribution in [1.29, 1.82) is 0 Å². The first-order chi connectivity index (χ1) is 6.09. The standard InChI is InChI=1S/C6H3ClN2O2S2/c7-13(10,11)6-4-1-2-12-5(4)8-3-9-6/h1-3H. The summed E-state index contributed by atoms with van der Waals surface area (Å²) in [6, 6.07) is 1.63. The third-order valence-electron chi connectivity index (χ3n) is 1.46. The van der Waals surface area contributed by atoms with Gasteiger partial charge in [0.1, 0.15) is 11.2 Å². The molecule has 0 amide bonds. The zero-order valence-electron chi connectivity index (χ0n) is 6.14. The van der Waals surface area contributed by atoms with Crippen molar-refractivity contribution >= 4 is 41.3 Å². The largest absolute Gasteiger partial charge is 0.279 e. The lowest BCUT2D eigenvalue weighted by Gasteiger charge is -1.94. The number of rotatable bonds is 1. The second-order valence-electron chi connectivity index (χ2n) is 2.26. The minimum absolute atomic E-state index is 0.125. The van der Waals surface area contributed by atoms with Crippen molar-refractivity contribution in [2.24, 2.45) is 0 Å². The van der Waals surface area contributed by atoms with Gasteiger partial charge >= 0.3 is 0 Å². The monoisotopic (exact) mass is 234 g/mol. The quantitative estimate of drug-likeness (QED) is 0.556. The molecule has 2 aromatic heterocycles. The number of fused-ring (bicyclic) bond motifs is 1. The molecule has 4 nitrogen and oxygen atoms in total. The van der Waals surface area contributed by atoms with Crippen molar-refractivity contribution < 1.29 is 8.42 Å². The molecule has 0 saturated carbocycles. The van der Waals surface area contributed by atoms with Crippen molar-refractivity contribution in [2.75, 3.05) is 0 Å². The van der Waals surface area contributed by atoms with Gasteiger partial charge in [0.15, 0.2) is 5.03 Å². The SMILES string of the molecule is O=S(=O)(Cl)c1ncnc2sccc12. The number of nitrogens with zero attached hydrogens (tertiary/aromatic N) is 2. The van der Waals surface area contributed by atoms with Gasteiger partial charge in [0, 0.05) is 10.7 Å². The molecule has 13 heavy (non-hydrogen) atoms. The van der Waals surface area contributed by atoms with E-state index in [9.17, 15) is 8.42 Å². The van der Waals surface area contributed by atoms with E-state index >= 15 is 0 Å². The van der Waals surface area contributed by atoms with Crippen LogP contribution in [0.1, 0.15) is 0 Å². The van der Waals surface area contributed by atoms with Crippen molar-refractivity contribution in [3.63, 3.8) is 0 Å². The average molecular weight is 235 g/mol. The number of aromatic nitrogens is 2. The summed E-state index contributed by atoms with van der Waals surface area (Å²) in [6.07, 6.45) is 1.19. The minimum Gasteiger partial charge on any atom is -0.225 e. The number of halogens is 1. The van der Waals surface area contributed by atoms with Gasteiger partial charge < -0.3 is 0 Å². The summed E-state index contributed by atoms with van der Waals surface area (Å²) in [5, 5.41) is 2.09. The Labute approximate surface area is 82.6 Å². The van der Waals surface area contributed by atoms with Crippen LogP contribution in [0, 0.1) is 0 Å². The number of hydrogen-bond donors (Lipinski definition) is 0. The minimum atomic E-state index is -3.77. The molecule has 7 heteroatoms. The highest BCUT2D eigenvalue weighted by Crippen LogP contribution is 2.25. The van der Waals surface area contributed by atoms with Gasteiger partial charge in [-0.3, -0.25) is 0 Å². The van der Waals surface area contributed by atoms with E-state index in [2.05, 4.69) is 9.97 Å². The van der Waals surface area contributed by atoms with Gasteiger partial charge in [0.25, 0.3) is 9.05 Å². The summed E-state index contributed by atoms with van der Waals surface area (Å²) in [7, 11) is 1.41. The normalized spacial score (nSPS) is 12.1. The molecule has 0 atom stereocenters. The molecule has 0 bridgehead atoms. The van der Waals surface area contributed by atoms with E-state index < -0.39 is 9.05 Å². The predicted octanol–water partition coefficient (Wildman–Crippen LogP) is 1.62.